The quantitative estimate of drug-likeness (QED) is 0.377. The van der Waals surface area contributed by atoms with Crippen LogP contribution in [0.4, 0.5) is 11.6 Å². The largest absolute Gasteiger partial charge is 0.381 e. The number of halogens is 1. The van der Waals surface area contributed by atoms with Crippen molar-refractivity contribution in [2.45, 2.75) is 63.7 Å². The molecule has 3 N–H and O–H groups in total. The number of aromatic nitrogens is 2. The first-order valence-corrected chi connectivity index (χ1v) is 15.2. The van der Waals surface area contributed by atoms with Gasteiger partial charge in [0.15, 0.2) is 0 Å². The van der Waals surface area contributed by atoms with Crippen LogP contribution in [0, 0.1) is 22.7 Å². The molecule has 0 amide bonds. The second-order valence-electron chi connectivity index (χ2n) is 10.6. The number of pyridine rings is 2. The molecule has 1 saturated heterocycles. The second kappa shape index (κ2) is 12.6. The Morgan fingerprint density at radius 2 is 1.92 bits per heavy atom. The fourth-order valence-electron chi connectivity index (χ4n) is 4.87. The average Bonchev–Trinajstić information content (AvgIpc) is 2.93. The SMILES string of the molecule is CC(C)S(=O)(=O)NC[C@H]1CC[C@H](Nc2cc(-c3cccc(NCC4(C#N)CCOCC4)n3)c(Cl)cn2)CC1. The van der Waals surface area contributed by atoms with E-state index in [4.69, 9.17) is 21.3 Å². The molecule has 9 nitrogen and oxygen atoms in total. The average molecular weight is 561 g/mol. The number of rotatable bonds is 10. The summed E-state index contributed by atoms with van der Waals surface area (Å²) in [6.45, 7) is 5.59. The van der Waals surface area contributed by atoms with Crippen LogP contribution >= 0.6 is 11.6 Å². The van der Waals surface area contributed by atoms with Gasteiger partial charge in [-0.25, -0.2) is 23.1 Å². The van der Waals surface area contributed by atoms with Crippen molar-refractivity contribution >= 4 is 33.3 Å². The molecule has 2 aromatic heterocycles. The van der Waals surface area contributed by atoms with Crippen LogP contribution in [0.5, 0.6) is 0 Å². The molecule has 0 bridgehead atoms. The van der Waals surface area contributed by atoms with Crippen LogP contribution in [-0.4, -0.2) is 56.0 Å². The van der Waals surface area contributed by atoms with E-state index < -0.39 is 20.7 Å². The van der Waals surface area contributed by atoms with Crippen molar-refractivity contribution in [3.05, 3.63) is 35.5 Å². The second-order valence-corrected chi connectivity index (χ2v) is 13.3. The molecule has 1 aliphatic heterocycles. The zero-order valence-electron chi connectivity index (χ0n) is 22.0. The summed E-state index contributed by atoms with van der Waals surface area (Å²) < 4.78 is 32.3. The summed E-state index contributed by atoms with van der Waals surface area (Å²) in [4.78, 5) is 9.24. The fourth-order valence-corrected chi connectivity index (χ4v) is 5.87. The van der Waals surface area contributed by atoms with Crippen LogP contribution in [0.15, 0.2) is 30.5 Å². The molecule has 11 heteroatoms. The molecule has 4 rings (SSSR count). The van der Waals surface area contributed by atoms with Crippen LogP contribution in [0.1, 0.15) is 52.4 Å². The smallest absolute Gasteiger partial charge is 0.213 e. The van der Waals surface area contributed by atoms with E-state index >= 15 is 0 Å². The molecule has 0 atom stereocenters. The minimum Gasteiger partial charge on any atom is -0.381 e. The lowest BCUT2D eigenvalue weighted by atomic mass is 9.82. The predicted octanol–water partition coefficient (Wildman–Crippen LogP) is 4.83. The number of nitriles is 1. The standard InChI is InChI=1S/C27H37ClN6O3S/c1-19(2)38(35,36)32-15-20-6-8-21(9-7-20)33-26-14-22(23(28)16-30-26)24-4-3-5-25(34-24)31-18-27(17-29)10-12-37-13-11-27/h3-5,14,16,19-21,32H,6-13,15,18H2,1-2H3,(H,30,33)(H,31,34)/t20-,21-. The van der Waals surface area contributed by atoms with Crippen molar-refractivity contribution < 1.29 is 13.2 Å². The van der Waals surface area contributed by atoms with Crippen molar-refractivity contribution in [2.24, 2.45) is 11.3 Å². The van der Waals surface area contributed by atoms with Gasteiger partial charge < -0.3 is 15.4 Å². The van der Waals surface area contributed by atoms with Gasteiger partial charge in [-0.3, -0.25) is 0 Å². The molecule has 2 aromatic rings. The van der Waals surface area contributed by atoms with Crippen LogP contribution in [0.3, 0.4) is 0 Å². The number of anilines is 2. The maximum Gasteiger partial charge on any atom is 0.213 e. The lowest BCUT2D eigenvalue weighted by Gasteiger charge is -2.30. The molecule has 0 unspecified atom stereocenters. The Morgan fingerprint density at radius 3 is 2.61 bits per heavy atom. The monoisotopic (exact) mass is 560 g/mol. The first-order valence-electron chi connectivity index (χ1n) is 13.3. The van der Waals surface area contributed by atoms with Gasteiger partial charge in [0.05, 0.1) is 27.5 Å². The predicted molar refractivity (Wildman–Crippen MR) is 150 cm³/mol. The summed E-state index contributed by atoms with van der Waals surface area (Å²) in [5, 5.41) is 16.7. The Hall–Kier alpha value is -2.45. The van der Waals surface area contributed by atoms with E-state index in [-0.39, 0.29) is 6.04 Å². The van der Waals surface area contributed by atoms with E-state index in [1.54, 1.807) is 20.0 Å². The summed E-state index contributed by atoms with van der Waals surface area (Å²) in [5.41, 5.74) is 1.06. The van der Waals surface area contributed by atoms with Crippen molar-refractivity contribution in [3.8, 4) is 17.3 Å². The summed E-state index contributed by atoms with van der Waals surface area (Å²) in [6.07, 6.45) is 6.83. The van der Waals surface area contributed by atoms with Crippen molar-refractivity contribution in [2.75, 3.05) is 36.9 Å². The Kier molecular flexibility index (Phi) is 9.47. The number of nitrogens with zero attached hydrogens (tertiary/aromatic N) is 3. The topological polar surface area (TPSA) is 129 Å². The number of nitrogens with one attached hydrogen (secondary N) is 3. The van der Waals surface area contributed by atoms with Crippen molar-refractivity contribution in [1.29, 1.82) is 5.26 Å². The van der Waals surface area contributed by atoms with E-state index in [0.717, 1.165) is 42.8 Å². The number of hydrogen-bond acceptors (Lipinski definition) is 8. The highest BCUT2D eigenvalue weighted by Gasteiger charge is 2.32. The summed E-state index contributed by atoms with van der Waals surface area (Å²) in [5.74, 6) is 1.77. The molecule has 0 spiro atoms. The molecule has 1 saturated carbocycles. The lowest BCUT2D eigenvalue weighted by Crippen LogP contribution is -2.37. The van der Waals surface area contributed by atoms with Crippen molar-refractivity contribution in [3.63, 3.8) is 0 Å². The number of sulfonamides is 1. The first-order chi connectivity index (χ1) is 18.2. The van der Waals surface area contributed by atoms with Gasteiger partial charge in [0, 0.05) is 44.1 Å². The highest BCUT2D eigenvalue weighted by atomic mass is 35.5. The van der Waals surface area contributed by atoms with Crippen LogP contribution in [0.25, 0.3) is 11.3 Å². The maximum absolute atomic E-state index is 12.0. The minimum atomic E-state index is -3.23. The van der Waals surface area contributed by atoms with E-state index in [2.05, 4.69) is 26.4 Å². The van der Waals surface area contributed by atoms with Crippen LogP contribution < -0.4 is 15.4 Å². The van der Waals surface area contributed by atoms with E-state index in [1.807, 2.05) is 24.3 Å². The third-order valence-corrected chi connectivity index (χ3v) is 9.68. The van der Waals surface area contributed by atoms with Gasteiger partial charge in [0.2, 0.25) is 10.0 Å². The Morgan fingerprint density at radius 1 is 1.18 bits per heavy atom. The molecule has 2 fully saturated rings. The van der Waals surface area contributed by atoms with Gasteiger partial charge in [-0.05, 0) is 76.5 Å². The van der Waals surface area contributed by atoms with Crippen LogP contribution in [-0.2, 0) is 14.8 Å². The first kappa shape index (κ1) is 28.6. The number of hydrogen-bond donors (Lipinski definition) is 3. The maximum atomic E-state index is 12.0. The molecular formula is C27H37ClN6O3S. The van der Waals surface area contributed by atoms with Crippen LogP contribution in [0.2, 0.25) is 5.02 Å². The third-order valence-electron chi connectivity index (χ3n) is 7.57. The van der Waals surface area contributed by atoms with E-state index in [0.29, 0.717) is 55.9 Å². The summed E-state index contributed by atoms with van der Waals surface area (Å²) in [7, 11) is -3.23. The summed E-state index contributed by atoms with van der Waals surface area (Å²) >= 11 is 6.52. The molecule has 1 aliphatic carbocycles. The molecule has 38 heavy (non-hydrogen) atoms. The lowest BCUT2D eigenvalue weighted by molar-refractivity contribution is 0.0455. The molecule has 206 valence electrons. The normalized spacial score (nSPS) is 21.6. The summed E-state index contributed by atoms with van der Waals surface area (Å²) in [6, 6.07) is 10.4. The number of ether oxygens (including phenoxy) is 1. The molecule has 0 radical (unpaired) electrons. The third kappa shape index (κ3) is 7.35. The van der Waals surface area contributed by atoms with Gasteiger partial charge in [-0.15, -0.1) is 0 Å². The van der Waals surface area contributed by atoms with Gasteiger partial charge in [-0.1, -0.05) is 17.7 Å². The molecule has 3 heterocycles. The molecule has 0 aromatic carbocycles. The highest BCUT2D eigenvalue weighted by molar-refractivity contribution is 7.90. The molecule has 2 aliphatic rings. The van der Waals surface area contributed by atoms with Gasteiger partial charge >= 0.3 is 0 Å². The van der Waals surface area contributed by atoms with Gasteiger partial charge in [0.1, 0.15) is 11.6 Å². The zero-order valence-corrected chi connectivity index (χ0v) is 23.6. The van der Waals surface area contributed by atoms with Gasteiger partial charge in [-0.2, -0.15) is 5.26 Å². The van der Waals surface area contributed by atoms with Crippen molar-refractivity contribution in [1.82, 2.24) is 14.7 Å². The Labute approximate surface area is 230 Å². The highest BCUT2D eigenvalue weighted by Crippen LogP contribution is 2.32. The Balaban J connectivity index is 1.36. The molecular weight excluding hydrogens is 524 g/mol. The minimum absolute atomic E-state index is 0.261. The zero-order chi connectivity index (χ0) is 27.2. The van der Waals surface area contributed by atoms with E-state index in [1.165, 1.54) is 0 Å². The van der Waals surface area contributed by atoms with E-state index in [9.17, 15) is 13.7 Å². The fraction of sp³-hybridized carbons (Fsp3) is 0.593. The van der Waals surface area contributed by atoms with Gasteiger partial charge in [0.25, 0.3) is 0 Å². The Bertz CT molecular complexity index is 1240.